The maximum absolute atomic E-state index is 2.26. The van der Waals surface area contributed by atoms with Gasteiger partial charge in [0, 0.05) is 32.7 Å². The molecule has 0 atom stereocenters. The van der Waals surface area contributed by atoms with Crippen molar-refractivity contribution in [1.29, 1.82) is 0 Å². The monoisotopic (exact) mass is 204 g/mol. The summed E-state index contributed by atoms with van der Waals surface area (Å²) in [4.78, 5) is 0. The molecule has 9 heavy (non-hydrogen) atoms. The molecule has 0 aromatic carbocycles. The van der Waals surface area contributed by atoms with Crippen LogP contribution in [-0.2, 0) is 32.7 Å². The van der Waals surface area contributed by atoms with Crippen molar-refractivity contribution < 1.29 is 32.7 Å². The molecule has 0 amide bonds. The zero-order valence-corrected chi connectivity index (χ0v) is 10.3. The Bertz CT molecular complexity index is 33.8. The first-order valence-corrected chi connectivity index (χ1v) is 3.13. The smallest absolute Gasteiger partial charge is 0 e. The van der Waals surface area contributed by atoms with Gasteiger partial charge in [-0.2, -0.15) is 0 Å². The molecule has 0 spiro atoms. The topological polar surface area (TPSA) is 0 Å². The molecule has 0 aliphatic heterocycles. The summed E-state index contributed by atoms with van der Waals surface area (Å²) in [6, 6.07) is 0. The van der Waals surface area contributed by atoms with Gasteiger partial charge in [-0.05, 0) is 18.3 Å². The molecule has 1 radical (unpaired) electrons. The van der Waals surface area contributed by atoms with Gasteiger partial charge in [0.25, 0.3) is 0 Å². The first-order valence-electron chi connectivity index (χ1n) is 3.13. The summed E-state index contributed by atoms with van der Waals surface area (Å²) in [5.41, 5.74) is 0. The molecule has 0 nitrogen and oxygen atoms in total. The van der Waals surface area contributed by atoms with Crippen LogP contribution in [0.1, 0.15) is 34.1 Å². The average molecular weight is 204 g/mol. The standard InChI is InChI=1S/C7H16.CH3.Y/c1-6(2)5-7(3)4;;/h6-7H,5H2,1-4H3;1H3;/q;-1;. The van der Waals surface area contributed by atoms with Gasteiger partial charge in [0.05, 0.1) is 0 Å². The summed E-state index contributed by atoms with van der Waals surface area (Å²) in [7, 11) is 0. The van der Waals surface area contributed by atoms with Crippen LogP contribution in [-0.4, -0.2) is 0 Å². The molecular formula is C8H19Y-. The van der Waals surface area contributed by atoms with E-state index in [1.54, 1.807) is 0 Å². The maximum atomic E-state index is 2.26. The normalized spacial score (nSPS) is 8.67. The van der Waals surface area contributed by atoms with Gasteiger partial charge in [-0.1, -0.05) is 27.7 Å². The van der Waals surface area contributed by atoms with Crippen molar-refractivity contribution in [3.8, 4) is 0 Å². The van der Waals surface area contributed by atoms with E-state index in [1.165, 1.54) is 6.42 Å². The van der Waals surface area contributed by atoms with Crippen LogP contribution >= 0.6 is 0 Å². The van der Waals surface area contributed by atoms with Crippen molar-refractivity contribution in [2.45, 2.75) is 34.1 Å². The van der Waals surface area contributed by atoms with Crippen molar-refractivity contribution in [1.82, 2.24) is 0 Å². The molecule has 55 valence electrons. The van der Waals surface area contributed by atoms with E-state index in [0.717, 1.165) is 11.8 Å². The summed E-state index contributed by atoms with van der Waals surface area (Å²) in [5, 5.41) is 0. The molecule has 0 fully saturated rings. The quantitative estimate of drug-likeness (QED) is 0.606. The molecule has 0 heterocycles. The second-order valence-corrected chi connectivity index (χ2v) is 3.02. The van der Waals surface area contributed by atoms with Crippen LogP contribution in [0.4, 0.5) is 0 Å². The maximum Gasteiger partial charge on any atom is 0 e. The van der Waals surface area contributed by atoms with Crippen LogP contribution in [0.3, 0.4) is 0 Å². The van der Waals surface area contributed by atoms with E-state index >= 15 is 0 Å². The van der Waals surface area contributed by atoms with Gasteiger partial charge in [0.15, 0.2) is 0 Å². The van der Waals surface area contributed by atoms with E-state index in [-0.39, 0.29) is 40.1 Å². The zero-order valence-electron chi connectivity index (χ0n) is 7.44. The van der Waals surface area contributed by atoms with Gasteiger partial charge < -0.3 is 7.43 Å². The second kappa shape index (κ2) is 9.10. The molecule has 0 saturated carbocycles. The van der Waals surface area contributed by atoms with Crippen molar-refractivity contribution in [3.63, 3.8) is 0 Å². The molecule has 1 heteroatoms. The van der Waals surface area contributed by atoms with E-state index in [9.17, 15) is 0 Å². The number of hydrogen-bond donors (Lipinski definition) is 0. The van der Waals surface area contributed by atoms with Crippen molar-refractivity contribution >= 4 is 0 Å². The van der Waals surface area contributed by atoms with Crippen LogP contribution in [0, 0.1) is 19.3 Å². The Balaban J connectivity index is -0.000000180. The Morgan fingerprint density at radius 3 is 1.11 bits per heavy atom. The van der Waals surface area contributed by atoms with Crippen LogP contribution in [0.25, 0.3) is 0 Å². The van der Waals surface area contributed by atoms with Gasteiger partial charge in [0.2, 0.25) is 0 Å². The minimum Gasteiger partial charge on any atom is -0.358 e. The molecule has 0 rings (SSSR count). The molecule has 0 bridgehead atoms. The Hall–Kier alpha value is 1.10. The largest absolute Gasteiger partial charge is 0.358 e. The minimum absolute atomic E-state index is 0. The van der Waals surface area contributed by atoms with E-state index < -0.39 is 0 Å². The first kappa shape index (κ1) is 16.6. The Labute approximate surface area is 85.7 Å². The van der Waals surface area contributed by atoms with Crippen molar-refractivity contribution in [2.75, 3.05) is 0 Å². The Kier molecular flexibility index (Phi) is 16.8. The molecule has 0 aliphatic rings. The van der Waals surface area contributed by atoms with Crippen molar-refractivity contribution in [2.24, 2.45) is 11.8 Å². The fourth-order valence-electron chi connectivity index (χ4n) is 0.943. The molecule has 0 saturated heterocycles. The summed E-state index contributed by atoms with van der Waals surface area (Å²) >= 11 is 0. The zero-order chi connectivity index (χ0) is 5.86. The van der Waals surface area contributed by atoms with Crippen molar-refractivity contribution in [3.05, 3.63) is 7.43 Å². The number of hydrogen-bond acceptors (Lipinski definition) is 0. The van der Waals surface area contributed by atoms with Crippen LogP contribution in [0.5, 0.6) is 0 Å². The summed E-state index contributed by atoms with van der Waals surface area (Å²) < 4.78 is 0. The fourth-order valence-corrected chi connectivity index (χ4v) is 0.943. The third kappa shape index (κ3) is 17.6. The van der Waals surface area contributed by atoms with E-state index in [2.05, 4.69) is 27.7 Å². The summed E-state index contributed by atoms with van der Waals surface area (Å²) in [6.07, 6.45) is 1.36. The van der Waals surface area contributed by atoms with E-state index in [4.69, 9.17) is 0 Å². The third-order valence-electron chi connectivity index (χ3n) is 0.943. The van der Waals surface area contributed by atoms with E-state index in [0.29, 0.717) is 0 Å². The van der Waals surface area contributed by atoms with Gasteiger partial charge in [0.1, 0.15) is 0 Å². The minimum atomic E-state index is 0. The Morgan fingerprint density at radius 2 is 1.11 bits per heavy atom. The molecule has 0 aromatic heterocycles. The second-order valence-electron chi connectivity index (χ2n) is 3.02. The third-order valence-corrected chi connectivity index (χ3v) is 0.943. The average Bonchev–Trinajstić information content (AvgIpc) is 1.27. The molecule has 0 unspecified atom stereocenters. The van der Waals surface area contributed by atoms with Crippen LogP contribution in [0.2, 0.25) is 0 Å². The molecule has 0 aromatic rings. The molecule has 0 aliphatic carbocycles. The van der Waals surface area contributed by atoms with Gasteiger partial charge in [-0.25, -0.2) is 0 Å². The van der Waals surface area contributed by atoms with Gasteiger partial charge in [-0.15, -0.1) is 0 Å². The number of rotatable bonds is 2. The Morgan fingerprint density at radius 1 is 0.889 bits per heavy atom. The van der Waals surface area contributed by atoms with E-state index in [1.807, 2.05) is 0 Å². The van der Waals surface area contributed by atoms with Crippen LogP contribution in [0.15, 0.2) is 0 Å². The summed E-state index contributed by atoms with van der Waals surface area (Å²) in [6.45, 7) is 9.06. The molecular weight excluding hydrogens is 185 g/mol. The van der Waals surface area contributed by atoms with Gasteiger partial charge in [-0.3, -0.25) is 0 Å². The predicted molar refractivity (Wildman–Crippen MR) is 40.7 cm³/mol. The molecule has 0 N–H and O–H groups in total. The summed E-state index contributed by atoms with van der Waals surface area (Å²) in [5.74, 6) is 1.75. The fraction of sp³-hybridized carbons (Fsp3) is 0.875. The van der Waals surface area contributed by atoms with Crippen LogP contribution < -0.4 is 0 Å². The SMILES string of the molecule is CC(C)CC(C)C.[CH3-].[Y]. The first-order chi connectivity index (χ1) is 3.13. The van der Waals surface area contributed by atoms with Gasteiger partial charge >= 0.3 is 0 Å². The predicted octanol–water partition coefficient (Wildman–Crippen LogP) is 3.14.